The van der Waals surface area contributed by atoms with E-state index >= 15 is 0 Å². The van der Waals surface area contributed by atoms with E-state index in [2.05, 4.69) is 34.1 Å². The normalized spacial score (nSPS) is 19.0. The van der Waals surface area contributed by atoms with Gasteiger partial charge in [-0.05, 0) is 35.6 Å². The Morgan fingerprint density at radius 2 is 1.52 bits per heavy atom. The molecule has 0 saturated carbocycles. The highest BCUT2D eigenvalue weighted by molar-refractivity contribution is 5.89. The van der Waals surface area contributed by atoms with E-state index in [1.807, 2.05) is 12.1 Å². The minimum atomic E-state index is -0.835. The zero-order chi connectivity index (χ0) is 17.2. The van der Waals surface area contributed by atoms with Gasteiger partial charge in [0.2, 0.25) is 0 Å². The van der Waals surface area contributed by atoms with Gasteiger partial charge in [0.25, 0.3) is 0 Å². The second-order valence-corrected chi connectivity index (χ2v) is 7.11. The van der Waals surface area contributed by atoms with Crippen molar-refractivity contribution in [1.29, 1.82) is 0 Å². The molecule has 0 aromatic heterocycles. The molecule has 2 aromatic rings. The fraction of sp³-hybridized carbons (Fsp3) is 0.381. The second kappa shape index (κ2) is 6.98. The van der Waals surface area contributed by atoms with E-state index in [4.69, 9.17) is 0 Å². The van der Waals surface area contributed by atoms with Crippen molar-refractivity contribution in [2.24, 2.45) is 0 Å². The summed E-state index contributed by atoms with van der Waals surface area (Å²) in [5.74, 6) is -0.835. The molecular formula is C21H24N2O2. The molecule has 1 saturated heterocycles. The Labute approximate surface area is 148 Å². The third kappa shape index (κ3) is 3.46. The molecular weight excluding hydrogens is 312 g/mol. The highest BCUT2D eigenvalue weighted by Gasteiger charge is 2.29. The van der Waals surface area contributed by atoms with Crippen molar-refractivity contribution in [3.8, 4) is 0 Å². The molecule has 0 atom stereocenters. The van der Waals surface area contributed by atoms with Crippen LogP contribution in [0.2, 0.25) is 0 Å². The van der Waals surface area contributed by atoms with Gasteiger partial charge >= 0.3 is 5.97 Å². The van der Waals surface area contributed by atoms with Crippen LogP contribution < -0.4 is 0 Å². The number of aromatic carboxylic acids is 1. The SMILES string of the molecule is O=C(O)c1ccccc1CN1CCN(C2Cc3ccccc3C2)CC1. The maximum absolute atomic E-state index is 11.4. The van der Waals surface area contributed by atoms with Gasteiger partial charge in [-0.1, -0.05) is 42.5 Å². The van der Waals surface area contributed by atoms with Crippen LogP contribution in [0.5, 0.6) is 0 Å². The predicted octanol–water partition coefficient (Wildman–Crippen LogP) is 2.67. The Kier molecular flexibility index (Phi) is 4.55. The first-order valence-electron chi connectivity index (χ1n) is 9.05. The van der Waals surface area contributed by atoms with Gasteiger partial charge in [-0.2, -0.15) is 0 Å². The van der Waals surface area contributed by atoms with Crippen molar-refractivity contribution >= 4 is 5.97 Å². The van der Waals surface area contributed by atoms with E-state index in [9.17, 15) is 9.90 Å². The number of carboxylic acids is 1. The van der Waals surface area contributed by atoms with Crippen LogP contribution in [0, 0.1) is 0 Å². The summed E-state index contributed by atoms with van der Waals surface area (Å²) in [4.78, 5) is 16.4. The topological polar surface area (TPSA) is 43.8 Å². The highest BCUT2D eigenvalue weighted by atomic mass is 16.4. The fourth-order valence-electron chi connectivity index (χ4n) is 4.19. The molecule has 25 heavy (non-hydrogen) atoms. The van der Waals surface area contributed by atoms with Crippen LogP contribution in [0.4, 0.5) is 0 Å². The van der Waals surface area contributed by atoms with E-state index in [0.29, 0.717) is 11.6 Å². The molecule has 1 aliphatic heterocycles. The van der Waals surface area contributed by atoms with Gasteiger partial charge in [-0.3, -0.25) is 9.80 Å². The molecule has 0 unspecified atom stereocenters. The Morgan fingerprint density at radius 1 is 0.920 bits per heavy atom. The van der Waals surface area contributed by atoms with Gasteiger partial charge in [-0.15, -0.1) is 0 Å². The monoisotopic (exact) mass is 336 g/mol. The molecule has 0 radical (unpaired) electrons. The molecule has 0 bridgehead atoms. The first-order chi connectivity index (χ1) is 12.2. The Balaban J connectivity index is 1.35. The Bertz CT molecular complexity index is 741. The van der Waals surface area contributed by atoms with E-state index in [-0.39, 0.29) is 0 Å². The molecule has 4 nitrogen and oxygen atoms in total. The molecule has 1 heterocycles. The minimum absolute atomic E-state index is 0.427. The van der Waals surface area contributed by atoms with Crippen molar-refractivity contribution in [2.75, 3.05) is 26.2 Å². The van der Waals surface area contributed by atoms with Gasteiger partial charge in [0.05, 0.1) is 5.56 Å². The van der Waals surface area contributed by atoms with E-state index in [1.54, 1.807) is 12.1 Å². The van der Waals surface area contributed by atoms with Gasteiger partial charge < -0.3 is 5.11 Å². The summed E-state index contributed by atoms with van der Waals surface area (Å²) in [5, 5.41) is 9.34. The highest BCUT2D eigenvalue weighted by Crippen LogP contribution is 2.26. The number of hydrogen-bond donors (Lipinski definition) is 1. The average Bonchev–Trinajstić information content (AvgIpc) is 3.07. The molecule has 4 heteroatoms. The van der Waals surface area contributed by atoms with Crippen LogP contribution in [0.1, 0.15) is 27.0 Å². The zero-order valence-electron chi connectivity index (χ0n) is 14.4. The third-order valence-electron chi connectivity index (χ3n) is 5.59. The van der Waals surface area contributed by atoms with Gasteiger partial charge in [0, 0.05) is 38.8 Å². The number of rotatable bonds is 4. The first-order valence-corrected chi connectivity index (χ1v) is 9.05. The molecule has 1 N–H and O–H groups in total. The minimum Gasteiger partial charge on any atom is -0.478 e. The lowest BCUT2D eigenvalue weighted by molar-refractivity contribution is 0.0690. The van der Waals surface area contributed by atoms with E-state index < -0.39 is 5.97 Å². The van der Waals surface area contributed by atoms with Crippen molar-refractivity contribution in [3.63, 3.8) is 0 Å². The van der Waals surface area contributed by atoms with Crippen LogP contribution >= 0.6 is 0 Å². The summed E-state index contributed by atoms with van der Waals surface area (Å²) in [5.41, 5.74) is 4.35. The summed E-state index contributed by atoms with van der Waals surface area (Å²) in [7, 11) is 0. The fourth-order valence-corrected chi connectivity index (χ4v) is 4.19. The molecule has 2 aliphatic rings. The first kappa shape index (κ1) is 16.3. The number of piperazine rings is 1. The molecule has 1 aliphatic carbocycles. The van der Waals surface area contributed by atoms with Gasteiger partial charge in [0.1, 0.15) is 0 Å². The third-order valence-corrected chi connectivity index (χ3v) is 5.59. The summed E-state index contributed by atoms with van der Waals surface area (Å²) in [6.45, 7) is 4.85. The number of benzene rings is 2. The quantitative estimate of drug-likeness (QED) is 0.932. The summed E-state index contributed by atoms with van der Waals surface area (Å²) < 4.78 is 0. The molecule has 1 fully saturated rings. The summed E-state index contributed by atoms with van der Waals surface area (Å²) in [6.07, 6.45) is 2.33. The largest absolute Gasteiger partial charge is 0.478 e. The van der Waals surface area contributed by atoms with Crippen molar-refractivity contribution in [2.45, 2.75) is 25.4 Å². The number of carbonyl (C=O) groups is 1. The molecule has 130 valence electrons. The number of hydrogen-bond acceptors (Lipinski definition) is 3. The van der Waals surface area contributed by atoms with E-state index in [1.165, 1.54) is 11.1 Å². The van der Waals surface area contributed by atoms with Crippen LogP contribution in [0.15, 0.2) is 48.5 Å². The predicted molar refractivity (Wildman–Crippen MR) is 97.9 cm³/mol. The zero-order valence-corrected chi connectivity index (χ0v) is 14.4. The Morgan fingerprint density at radius 3 is 2.16 bits per heavy atom. The molecule has 4 rings (SSSR count). The lowest BCUT2D eigenvalue weighted by Gasteiger charge is -2.38. The molecule has 0 amide bonds. The van der Waals surface area contributed by atoms with Crippen molar-refractivity contribution in [1.82, 2.24) is 9.80 Å². The standard InChI is InChI=1S/C21H24N2O2/c24-21(25)20-8-4-3-7-18(20)15-22-9-11-23(12-10-22)19-13-16-5-1-2-6-17(16)14-19/h1-8,19H,9-15H2,(H,24,25). The van der Waals surface area contributed by atoms with Crippen LogP contribution in [0.3, 0.4) is 0 Å². The van der Waals surface area contributed by atoms with Crippen LogP contribution in [-0.4, -0.2) is 53.1 Å². The van der Waals surface area contributed by atoms with Gasteiger partial charge in [-0.25, -0.2) is 4.79 Å². The van der Waals surface area contributed by atoms with Crippen LogP contribution in [0.25, 0.3) is 0 Å². The summed E-state index contributed by atoms with van der Waals surface area (Å²) in [6, 6.07) is 16.8. The molecule has 2 aromatic carbocycles. The maximum atomic E-state index is 11.4. The summed E-state index contributed by atoms with van der Waals surface area (Å²) >= 11 is 0. The van der Waals surface area contributed by atoms with Gasteiger partial charge in [0.15, 0.2) is 0 Å². The Hall–Kier alpha value is -2.17. The smallest absolute Gasteiger partial charge is 0.336 e. The van der Waals surface area contributed by atoms with E-state index in [0.717, 1.165) is 51.1 Å². The second-order valence-electron chi connectivity index (χ2n) is 7.11. The molecule has 0 spiro atoms. The lowest BCUT2D eigenvalue weighted by atomic mass is 10.1. The lowest BCUT2D eigenvalue weighted by Crippen LogP contribution is -2.50. The number of fused-ring (bicyclic) bond motifs is 1. The van der Waals surface area contributed by atoms with Crippen molar-refractivity contribution in [3.05, 3.63) is 70.8 Å². The maximum Gasteiger partial charge on any atom is 0.336 e. The average molecular weight is 336 g/mol. The number of carboxylic acid groups (broad SMARTS) is 1. The van der Waals surface area contributed by atoms with Crippen LogP contribution in [-0.2, 0) is 19.4 Å². The van der Waals surface area contributed by atoms with Crippen molar-refractivity contribution < 1.29 is 9.90 Å². The number of nitrogens with zero attached hydrogens (tertiary/aromatic N) is 2.